The third-order valence-electron chi connectivity index (χ3n) is 3.07. The van der Waals surface area contributed by atoms with Crippen LogP contribution in [0.4, 0.5) is 13.2 Å². The van der Waals surface area contributed by atoms with Crippen LogP contribution in [0, 0.1) is 0 Å². The van der Waals surface area contributed by atoms with Crippen LogP contribution in [0.15, 0.2) is 53.6 Å². The van der Waals surface area contributed by atoms with Gasteiger partial charge in [-0.25, -0.2) is 4.68 Å². The second-order valence-corrected chi connectivity index (χ2v) is 5.51. The summed E-state index contributed by atoms with van der Waals surface area (Å²) in [6, 6.07) is 6.81. The van der Waals surface area contributed by atoms with E-state index in [-0.39, 0.29) is 11.4 Å². The standard InChI is InChI=1S/C17H16F3N3O3/c1-22(2)9-7-14(24)16-15(25)8-10-23(21-16)12-3-5-13(6-4-12)26-11-17(18,19)20/h3-10H,11H2,1-2H3/b9-7+. The molecule has 2 aromatic rings. The van der Waals surface area contributed by atoms with Gasteiger partial charge in [0.15, 0.2) is 12.3 Å². The van der Waals surface area contributed by atoms with Crippen LogP contribution in [0.5, 0.6) is 5.75 Å². The largest absolute Gasteiger partial charge is 0.484 e. The Hall–Kier alpha value is -3.10. The van der Waals surface area contributed by atoms with Crippen LogP contribution in [-0.2, 0) is 0 Å². The maximum atomic E-state index is 12.1. The fourth-order valence-corrected chi connectivity index (χ4v) is 1.88. The lowest BCUT2D eigenvalue weighted by Gasteiger charge is -2.10. The topological polar surface area (TPSA) is 64.4 Å². The van der Waals surface area contributed by atoms with E-state index in [1.807, 2.05) is 0 Å². The molecule has 0 aliphatic carbocycles. The molecule has 0 atom stereocenters. The van der Waals surface area contributed by atoms with Crippen LogP contribution in [0.1, 0.15) is 10.5 Å². The van der Waals surface area contributed by atoms with Crippen LogP contribution in [-0.4, -0.2) is 47.3 Å². The highest BCUT2D eigenvalue weighted by molar-refractivity contribution is 6.02. The molecule has 0 radical (unpaired) electrons. The number of rotatable bonds is 6. The second-order valence-electron chi connectivity index (χ2n) is 5.51. The molecule has 1 aromatic carbocycles. The molecule has 26 heavy (non-hydrogen) atoms. The molecule has 0 aliphatic heterocycles. The number of carbonyl (C=O) groups excluding carboxylic acids is 1. The summed E-state index contributed by atoms with van der Waals surface area (Å²) in [7, 11) is 3.45. The van der Waals surface area contributed by atoms with E-state index in [2.05, 4.69) is 9.84 Å². The van der Waals surface area contributed by atoms with E-state index in [0.717, 1.165) is 0 Å². The third kappa shape index (κ3) is 5.47. The first-order valence-electron chi connectivity index (χ1n) is 7.44. The number of allylic oxidation sites excluding steroid dienone is 1. The van der Waals surface area contributed by atoms with Crippen LogP contribution >= 0.6 is 0 Å². The number of ketones is 1. The van der Waals surface area contributed by atoms with Crippen molar-refractivity contribution in [1.82, 2.24) is 14.7 Å². The molecule has 138 valence electrons. The normalized spacial score (nSPS) is 11.6. The summed E-state index contributed by atoms with van der Waals surface area (Å²) in [6.07, 6.45) is -0.343. The van der Waals surface area contributed by atoms with Gasteiger partial charge in [0.2, 0.25) is 11.2 Å². The quantitative estimate of drug-likeness (QED) is 0.580. The highest BCUT2D eigenvalue weighted by atomic mass is 19.4. The molecule has 6 nitrogen and oxygen atoms in total. The Morgan fingerprint density at radius 2 is 1.88 bits per heavy atom. The molecule has 0 saturated heterocycles. The molecule has 0 bridgehead atoms. The number of benzene rings is 1. The first-order valence-corrected chi connectivity index (χ1v) is 7.44. The number of hydrogen-bond donors (Lipinski definition) is 0. The molecule has 0 aliphatic rings. The summed E-state index contributed by atoms with van der Waals surface area (Å²) in [4.78, 5) is 25.6. The van der Waals surface area contributed by atoms with Gasteiger partial charge >= 0.3 is 6.18 Å². The van der Waals surface area contributed by atoms with Gasteiger partial charge in [-0.1, -0.05) is 0 Å². The molecule has 0 spiro atoms. The van der Waals surface area contributed by atoms with Gasteiger partial charge in [-0.2, -0.15) is 18.3 Å². The molecule has 2 rings (SSSR count). The van der Waals surface area contributed by atoms with Gasteiger partial charge in [0, 0.05) is 38.6 Å². The van der Waals surface area contributed by atoms with Gasteiger partial charge in [-0.05, 0) is 24.3 Å². The molecule has 0 N–H and O–H groups in total. The van der Waals surface area contributed by atoms with E-state index in [1.54, 1.807) is 19.0 Å². The van der Waals surface area contributed by atoms with Gasteiger partial charge in [0.1, 0.15) is 5.75 Å². The summed E-state index contributed by atoms with van der Waals surface area (Å²) >= 11 is 0. The van der Waals surface area contributed by atoms with Crippen LogP contribution in [0.25, 0.3) is 5.69 Å². The van der Waals surface area contributed by atoms with E-state index in [0.29, 0.717) is 5.69 Å². The molecule has 0 amide bonds. The molecule has 1 heterocycles. The smallest absolute Gasteiger partial charge is 0.422 e. The third-order valence-corrected chi connectivity index (χ3v) is 3.07. The average Bonchev–Trinajstić information content (AvgIpc) is 2.58. The van der Waals surface area contributed by atoms with Crippen molar-refractivity contribution in [2.24, 2.45) is 0 Å². The van der Waals surface area contributed by atoms with Crippen molar-refractivity contribution in [3.05, 3.63) is 64.7 Å². The van der Waals surface area contributed by atoms with Crippen molar-refractivity contribution in [3.8, 4) is 11.4 Å². The minimum Gasteiger partial charge on any atom is -0.484 e. The predicted octanol–water partition coefficient (Wildman–Crippen LogP) is 2.43. The molecule has 9 heteroatoms. The van der Waals surface area contributed by atoms with E-state index in [9.17, 15) is 22.8 Å². The lowest BCUT2D eigenvalue weighted by atomic mass is 10.2. The van der Waals surface area contributed by atoms with Crippen molar-refractivity contribution >= 4 is 5.78 Å². The van der Waals surface area contributed by atoms with Crippen LogP contribution < -0.4 is 10.2 Å². The van der Waals surface area contributed by atoms with Gasteiger partial charge in [-0.15, -0.1) is 0 Å². The summed E-state index contributed by atoms with van der Waals surface area (Å²) in [5, 5.41) is 4.00. The molecule has 0 saturated carbocycles. The Balaban J connectivity index is 2.22. The van der Waals surface area contributed by atoms with Gasteiger partial charge in [-0.3, -0.25) is 9.59 Å². The number of halogens is 3. The number of nitrogens with zero attached hydrogens (tertiary/aromatic N) is 3. The van der Waals surface area contributed by atoms with E-state index >= 15 is 0 Å². The first-order chi connectivity index (χ1) is 12.2. The Morgan fingerprint density at radius 3 is 2.46 bits per heavy atom. The van der Waals surface area contributed by atoms with Crippen molar-refractivity contribution in [2.45, 2.75) is 6.18 Å². The minimum absolute atomic E-state index is 0.0392. The molecular weight excluding hydrogens is 351 g/mol. The lowest BCUT2D eigenvalue weighted by molar-refractivity contribution is -0.153. The molecular formula is C17H16F3N3O3. The molecule has 1 aromatic heterocycles. The highest BCUT2D eigenvalue weighted by Crippen LogP contribution is 2.19. The average molecular weight is 367 g/mol. The maximum absolute atomic E-state index is 12.1. The first kappa shape index (κ1) is 19.2. The summed E-state index contributed by atoms with van der Waals surface area (Å²) in [5.74, 6) is -0.513. The Morgan fingerprint density at radius 1 is 1.23 bits per heavy atom. The maximum Gasteiger partial charge on any atom is 0.422 e. The van der Waals surface area contributed by atoms with Crippen molar-refractivity contribution in [2.75, 3.05) is 20.7 Å². The zero-order valence-corrected chi connectivity index (χ0v) is 14.0. The van der Waals surface area contributed by atoms with E-state index in [4.69, 9.17) is 0 Å². The van der Waals surface area contributed by atoms with Crippen molar-refractivity contribution < 1.29 is 22.7 Å². The Bertz CT molecular complexity index is 856. The Labute approximate surface area is 147 Å². The number of aromatic nitrogens is 2. The SMILES string of the molecule is CN(C)/C=C/C(=O)c1nn(-c2ccc(OCC(F)(F)F)cc2)ccc1=O. The van der Waals surface area contributed by atoms with Crippen LogP contribution in [0.3, 0.4) is 0 Å². The zero-order valence-electron chi connectivity index (χ0n) is 14.0. The second kappa shape index (κ2) is 7.85. The number of hydrogen-bond acceptors (Lipinski definition) is 5. The zero-order chi connectivity index (χ0) is 19.3. The van der Waals surface area contributed by atoms with Gasteiger partial charge < -0.3 is 9.64 Å². The van der Waals surface area contributed by atoms with Crippen molar-refractivity contribution in [1.29, 1.82) is 0 Å². The summed E-state index contributed by atoms with van der Waals surface area (Å²) < 4.78 is 42.3. The number of ether oxygens (including phenoxy) is 1. The Kier molecular flexibility index (Phi) is 5.81. The van der Waals surface area contributed by atoms with Crippen LogP contribution in [0.2, 0.25) is 0 Å². The van der Waals surface area contributed by atoms with E-state index < -0.39 is 24.0 Å². The summed E-state index contributed by atoms with van der Waals surface area (Å²) in [5.41, 5.74) is -0.335. The molecule has 0 unspecified atom stereocenters. The number of carbonyl (C=O) groups is 1. The lowest BCUT2D eigenvalue weighted by Crippen LogP contribution is -2.20. The van der Waals surface area contributed by atoms with Gasteiger partial charge in [0.05, 0.1) is 5.69 Å². The van der Waals surface area contributed by atoms with Crippen molar-refractivity contribution in [3.63, 3.8) is 0 Å². The fourth-order valence-electron chi connectivity index (χ4n) is 1.88. The highest BCUT2D eigenvalue weighted by Gasteiger charge is 2.28. The van der Waals surface area contributed by atoms with Gasteiger partial charge in [0.25, 0.3) is 0 Å². The van der Waals surface area contributed by atoms with E-state index in [1.165, 1.54) is 53.5 Å². The monoisotopic (exact) mass is 367 g/mol. The fraction of sp³-hybridized carbons (Fsp3) is 0.235. The number of alkyl halides is 3. The summed E-state index contributed by atoms with van der Waals surface area (Å²) in [6.45, 7) is -1.39. The molecule has 0 fully saturated rings. The minimum atomic E-state index is -4.42. The predicted molar refractivity (Wildman–Crippen MR) is 88.5 cm³/mol.